The van der Waals surface area contributed by atoms with E-state index in [0.29, 0.717) is 21.2 Å². The molecule has 0 spiro atoms. The van der Waals surface area contributed by atoms with Crippen LogP contribution >= 0.6 is 27.3 Å². The molecule has 3 heterocycles. The van der Waals surface area contributed by atoms with Gasteiger partial charge in [0.25, 0.3) is 11.4 Å². The second kappa shape index (κ2) is 11.5. The van der Waals surface area contributed by atoms with Gasteiger partial charge in [0.2, 0.25) is 5.13 Å². The number of hydrogen-bond acceptors (Lipinski definition) is 10. The molecule has 2 aromatic heterocycles. The maximum atomic E-state index is 13.0. The van der Waals surface area contributed by atoms with Crippen LogP contribution in [0.15, 0.2) is 103 Å². The van der Waals surface area contributed by atoms with Gasteiger partial charge in [0.15, 0.2) is 0 Å². The third kappa shape index (κ3) is 5.44. The number of rotatable bonds is 6. The Morgan fingerprint density at radius 3 is 2.40 bits per heavy atom. The van der Waals surface area contributed by atoms with Crippen LogP contribution in [0, 0.1) is 26.1 Å². The van der Waals surface area contributed by atoms with Crippen LogP contribution in [-0.2, 0) is 0 Å². The molecule has 5 aromatic rings. The Morgan fingerprint density at radius 2 is 1.69 bits per heavy atom. The van der Waals surface area contributed by atoms with Gasteiger partial charge in [0.1, 0.15) is 5.58 Å². The van der Waals surface area contributed by atoms with Crippen molar-refractivity contribution in [2.75, 3.05) is 5.01 Å². The summed E-state index contributed by atoms with van der Waals surface area (Å²) in [6.07, 6.45) is 6.17. The fourth-order valence-electron chi connectivity index (χ4n) is 5.94. The number of aromatic nitrogens is 1. The van der Waals surface area contributed by atoms with E-state index < -0.39 is 15.5 Å². The molecule has 224 valence electrons. The number of nitro groups is 2. The smallest absolute Gasteiger partial charge is 0.345 e. The highest BCUT2D eigenvalue weighted by molar-refractivity contribution is 9.10. The first kappa shape index (κ1) is 28.7. The second-order valence-electron chi connectivity index (χ2n) is 10.8. The summed E-state index contributed by atoms with van der Waals surface area (Å²) < 4.78 is 6.45. The molecule has 1 aliphatic heterocycles. The zero-order chi connectivity index (χ0) is 31.2. The quantitative estimate of drug-likeness (QED) is 0.0987. The number of non-ortho nitro benzene ring substituents is 2. The fraction of sp³-hybridized carbons (Fsp3) is 0.156. The Hall–Kier alpha value is -5.01. The molecule has 1 fully saturated rings. The van der Waals surface area contributed by atoms with Gasteiger partial charge in [-0.1, -0.05) is 39.4 Å². The van der Waals surface area contributed by atoms with Crippen LogP contribution in [0.3, 0.4) is 0 Å². The Labute approximate surface area is 267 Å². The summed E-state index contributed by atoms with van der Waals surface area (Å²) in [5.74, 6) is -0.0278. The average Bonchev–Trinajstić information content (AvgIpc) is 3.67. The highest BCUT2D eigenvalue weighted by Gasteiger charge is 2.43. The Morgan fingerprint density at radius 1 is 0.978 bits per heavy atom. The molecular weight excluding hydrogens is 662 g/mol. The van der Waals surface area contributed by atoms with Gasteiger partial charge in [-0.05, 0) is 78.4 Å². The minimum absolute atomic E-state index is 0.00182. The lowest BCUT2D eigenvalue weighted by molar-refractivity contribution is -0.385. The first-order valence-electron chi connectivity index (χ1n) is 14.0. The Bertz CT molecular complexity index is 2110. The van der Waals surface area contributed by atoms with Crippen molar-refractivity contribution >= 4 is 66.5 Å². The molecule has 0 saturated heterocycles. The average molecular weight is 685 g/mol. The standard InChI is InChI=1S/C32H22BrN5O6S/c33-22-8-13-27-21(15-22)16-26(31(39)44-27)28-17-34-32(45-28)36-30(19-6-11-24(12-7-19)38(42)43)25-3-1-2-20(29(25)35-36)14-18-4-9-23(10-5-18)37(40)41/h4-17,25,30H,1-3H2/b20-14-. The number of allylic oxidation sites excluding steroid dienone is 1. The largest absolute Gasteiger partial charge is 0.422 e. The van der Waals surface area contributed by atoms with Crippen LogP contribution in [0.25, 0.3) is 27.5 Å². The predicted molar refractivity (Wildman–Crippen MR) is 175 cm³/mol. The molecular formula is C32H22BrN5O6S. The maximum Gasteiger partial charge on any atom is 0.345 e. The number of thiazole rings is 1. The van der Waals surface area contributed by atoms with E-state index in [9.17, 15) is 25.0 Å². The van der Waals surface area contributed by atoms with Gasteiger partial charge >= 0.3 is 5.63 Å². The molecule has 2 unspecified atom stereocenters. The van der Waals surface area contributed by atoms with E-state index in [1.807, 2.05) is 23.2 Å². The molecule has 2 atom stereocenters. The first-order chi connectivity index (χ1) is 21.7. The second-order valence-corrected chi connectivity index (χ2v) is 12.7. The number of nitrogens with zero attached hydrogens (tertiary/aromatic N) is 5. The Balaban J connectivity index is 1.30. The van der Waals surface area contributed by atoms with E-state index in [1.165, 1.54) is 35.6 Å². The van der Waals surface area contributed by atoms with Crippen LogP contribution in [0.5, 0.6) is 0 Å². The molecule has 1 aliphatic carbocycles. The van der Waals surface area contributed by atoms with E-state index in [0.717, 1.165) is 51.5 Å². The summed E-state index contributed by atoms with van der Waals surface area (Å²) in [5, 5.41) is 30.8. The van der Waals surface area contributed by atoms with Gasteiger partial charge in [-0.3, -0.25) is 20.2 Å². The van der Waals surface area contributed by atoms with Crippen LogP contribution in [0.1, 0.15) is 36.4 Å². The van der Waals surface area contributed by atoms with Crippen LogP contribution in [0.4, 0.5) is 16.5 Å². The number of fused-ring (bicyclic) bond motifs is 2. The molecule has 45 heavy (non-hydrogen) atoms. The van der Waals surface area contributed by atoms with E-state index >= 15 is 0 Å². The van der Waals surface area contributed by atoms with Crippen LogP contribution < -0.4 is 10.6 Å². The monoisotopic (exact) mass is 683 g/mol. The van der Waals surface area contributed by atoms with Gasteiger partial charge in [0.05, 0.1) is 32.0 Å². The fourth-order valence-corrected chi connectivity index (χ4v) is 7.23. The highest BCUT2D eigenvalue weighted by atomic mass is 79.9. The van der Waals surface area contributed by atoms with Gasteiger partial charge < -0.3 is 4.42 Å². The van der Waals surface area contributed by atoms with Gasteiger partial charge in [-0.15, -0.1) is 0 Å². The molecule has 0 N–H and O–H groups in total. The van der Waals surface area contributed by atoms with Crippen molar-refractivity contribution in [3.05, 3.63) is 131 Å². The van der Waals surface area contributed by atoms with Crippen molar-refractivity contribution in [2.45, 2.75) is 25.3 Å². The third-order valence-electron chi connectivity index (χ3n) is 8.04. The van der Waals surface area contributed by atoms with Gasteiger partial charge in [-0.2, -0.15) is 5.10 Å². The summed E-state index contributed by atoms with van der Waals surface area (Å²) in [6, 6.07) is 19.8. The van der Waals surface area contributed by atoms with Crippen molar-refractivity contribution in [1.82, 2.24) is 4.98 Å². The number of anilines is 1. The lowest BCUT2D eigenvalue weighted by atomic mass is 9.77. The number of nitro benzene ring substituents is 2. The number of benzene rings is 3. The maximum absolute atomic E-state index is 13.0. The molecule has 1 saturated carbocycles. The van der Waals surface area contributed by atoms with E-state index in [-0.39, 0.29) is 23.3 Å². The van der Waals surface area contributed by atoms with Gasteiger partial charge in [0, 0.05) is 46.2 Å². The van der Waals surface area contributed by atoms with Crippen molar-refractivity contribution in [2.24, 2.45) is 11.0 Å². The predicted octanol–water partition coefficient (Wildman–Crippen LogP) is 8.30. The minimum atomic E-state index is -0.471. The molecule has 11 nitrogen and oxygen atoms in total. The molecule has 0 bridgehead atoms. The molecule has 0 radical (unpaired) electrons. The third-order valence-corrected chi connectivity index (χ3v) is 9.55. The number of halogens is 1. The lowest BCUT2D eigenvalue weighted by Crippen LogP contribution is -2.28. The van der Waals surface area contributed by atoms with Gasteiger partial charge in [-0.25, -0.2) is 14.8 Å². The topological polar surface area (TPSA) is 145 Å². The van der Waals surface area contributed by atoms with E-state index in [4.69, 9.17) is 9.52 Å². The number of hydrazone groups is 1. The van der Waals surface area contributed by atoms with E-state index in [1.54, 1.807) is 42.6 Å². The zero-order valence-corrected chi connectivity index (χ0v) is 25.7. The summed E-state index contributed by atoms with van der Waals surface area (Å²) in [6.45, 7) is 0. The van der Waals surface area contributed by atoms with Crippen LogP contribution in [-0.4, -0.2) is 20.5 Å². The molecule has 2 aliphatic rings. The normalized spacial score (nSPS) is 18.6. The summed E-state index contributed by atoms with van der Waals surface area (Å²) >= 11 is 4.78. The SMILES string of the molecule is O=c1oc2ccc(Br)cc2cc1-c1cnc(N2N=C3/C(=C\c4ccc([N+](=O)[O-])cc4)CCCC3C2c2ccc([N+](=O)[O-])cc2)s1. The Kier molecular flexibility index (Phi) is 7.34. The molecule has 3 aromatic carbocycles. The summed E-state index contributed by atoms with van der Waals surface area (Å²) in [5.41, 5.74) is 4.01. The van der Waals surface area contributed by atoms with E-state index in [2.05, 4.69) is 20.9 Å². The zero-order valence-electron chi connectivity index (χ0n) is 23.3. The molecule has 0 amide bonds. The first-order valence-corrected chi connectivity index (χ1v) is 15.6. The summed E-state index contributed by atoms with van der Waals surface area (Å²) in [7, 11) is 0. The van der Waals surface area contributed by atoms with Crippen molar-refractivity contribution in [3.63, 3.8) is 0 Å². The van der Waals surface area contributed by atoms with Crippen molar-refractivity contribution in [1.29, 1.82) is 0 Å². The minimum Gasteiger partial charge on any atom is -0.422 e. The molecule has 7 rings (SSSR count). The van der Waals surface area contributed by atoms with Crippen LogP contribution in [0.2, 0.25) is 0 Å². The van der Waals surface area contributed by atoms with Crippen molar-refractivity contribution in [3.8, 4) is 10.4 Å². The molecule has 13 heteroatoms. The summed E-state index contributed by atoms with van der Waals surface area (Å²) in [4.78, 5) is 39.9. The number of hydrogen-bond donors (Lipinski definition) is 0. The lowest BCUT2D eigenvalue weighted by Gasteiger charge is -2.29. The van der Waals surface area contributed by atoms with Crippen molar-refractivity contribution < 1.29 is 14.3 Å². The highest BCUT2D eigenvalue weighted by Crippen LogP contribution is 2.48.